The van der Waals surface area contributed by atoms with E-state index in [-0.39, 0.29) is 5.75 Å². The molecule has 0 bridgehead atoms. The Labute approximate surface area is 106 Å². The maximum absolute atomic E-state index is 13.6. The van der Waals surface area contributed by atoms with Gasteiger partial charge in [-0.1, -0.05) is 20.8 Å². The molecular formula is C15H18F2O. The molecule has 0 aromatic heterocycles. The average Bonchev–Trinajstić information content (AvgIpc) is 2.34. The van der Waals surface area contributed by atoms with Crippen LogP contribution in [0.3, 0.4) is 0 Å². The number of hydrogen-bond acceptors (Lipinski definition) is 1. The van der Waals surface area contributed by atoms with Crippen LogP contribution in [0.15, 0.2) is 18.2 Å². The molecule has 2 aromatic carbocycles. The number of benzene rings is 2. The number of hydrogen-bond donors (Lipinski definition) is 1. The van der Waals surface area contributed by atoms with Crippen molar-refractivity contribution in [3.63, 3.8) is 0 Å². The van der Waals surface area contributed by atoms with Gasteiger partial charge < -0.3 is 5.11 Å². The summed E-state index contributed by atoms with van der Waals surface area (Å²) >= 11 is 0. The van der Waals surface area contributed by atoms with E-state index in [0.717, 1.165) is 11.6 Å². The molecule has 98 valence electrons. The lowest BCUT2D eigenvalue weighted by Gasteiger charge is -2.10. The Morgan fingerprint density at radius 3 is 2.28 bits per heavy atom. The van der Waals surface area contributed by atoms with Gasteiger partial charge in [0.25, 0.3) is 0 Å². The van der Waals surface area contributed by atoms with Crippen molar-refractivity contribution in [2.45, 2.75) is 34.1 Å². The van der Waals surface area contributed by atoms with Crippen LogP contribution in [0.5, 0.6) is 5.75 Å². The third-order valence-corrected chi connectivity index (χ3v) is 2.76. The Balaban J connectivity index is 0.000000771. The fourth-order valence-electron chi connectivity index (χ4n) is 2.11. The first-order valence-electron chi connectivity index (χ1n) is 6.14. The molecule has 0 fully saturated rings. The summed E-state index contributed by atoms with van der Waals surface area (Å²) in [5, 5.41) is 10.6. The van der Waals surface area contributed by atoms with Gasteiger partial charge in [0.2, 0.25) is 0 Å². The molecule has 0 aliphatic rings. The van der Waals surface area contributed by atoms with Crippen LogP contribution in [0, 0.1) is 18.6 Å². The molecule has 1 N–H and O–H groups in total. The van der Waals surface area contributed by atoms with E-state index < -0.39 is 11.6 Å². The number of rotatable bonds is 1. The Morgan fingerprint density at radius 1 is 1.11 bits per heavy atom. The van der Waals surface area contributed by atoms with E-state index in [1.807, 2.05) is 13.8 Å². The van der Waals surface area contributed by atoms with Gasteiger partial charge in [0.15, 0.2) is 11.6 Å². The Kier molecular flexibility index (Phi) is 4.65. The second kappa shape index (κ2) is 5.80. The lowest BCUT2D eigenvalue weighted by Crippen LogP contribution is -1.96. The van der Waals surface area contributed by atoms with Crippen molar-refractivity contribution in [1.82, 2.24) is 0 Å². The number of phenolic OH excluding ortho intramolecular Hbond substituents is 1. The van der Waals surface area contributed by atoms with Crippen LogP contribution < -0.4 is 0 Å². The lowest BCUT2D eigenvalue weighted by atomic mass is 9.97. The van der Waals surface area contributed by atoms with Crippen molar-refractivity contribution < 1.29 is 13.9 Å². The smallest absolute Gasteiger partial charge is 0.162 e. The van der Waals surface area contributed by atoms with Crippen molar-refractivity contribution in [2.75, 3.05) is 0 Å². The molecule has 0 saturated heterocycles. The van der Waals surface area contributed by atoms with Gasteiger partial charge >= 0.3 is 0 Å². The van der Waals surface area contributed by atoms with E-state index in [1.165, 1.54) is 6.07 Å². The first kappa shape index (κ1) is 14.4. The summed E-state index contributed by atoms with van der Waals surface area (Å²) in [5.41, 5.74) is 1.12. The molecule has 0 amide bonds. The Bertz CT molecular complexity index is 562. The molecule has 0 radical (unpaired) electrons. The average molecular weight is 252 g/mol. The summed E-state index contributed by atoms with van der Waals surface area (Å²) in [5.74, 6) is -1.59. The SMILES string of the molecule is CC.CCc1c(F)c(F)cc2cc(O)cc(C)c12. The molecule has 2 aromatic rings. The zero-order valence-electron chi connectivity index (χ0n) is 11.1. The highest BCUT2D eigenvalue weighted by atomic mass is 19.2. The first-order valence-corrected chi connectivity index (χ1v) is 6.14. The van der Waals surface area contributed by atoms with Crippen molar-refractivity contribution >= 4 is 10.8 Å². The largest absolute Gasteiger partial charge is 0.508 e. The summed E-state index contributed by atoms with van der Waals surface area (Å²) in [7, 11) is 0. The summed E-state index contributed by atoms with van der Waals surface area (Å²) in [6, 6.07) is 4.12. The van der Waals surface area contributed by atoms with E-state index in [0.29, 0.717) is 22.8 Å². The van der Waals surface area contributed by atoms with Gasteiger partial charge in [-0.05, 0) is 53.4 Å². The van der Waals surface area contributed by atoms with Crippen LogP contribution in [-0.4, -0.2) is 5.11 Å². The highest BCUT2D eigenvalue weighted by Gasteiger charge is 2.14. The van der Waals surface area contributed by atoms with Crippen molar-refractivity contribution in [2.24, 2.45) is 0 Å². The van der Waals surface area contributed by atoms with E-state index in [4.69, 9.17) is 0 Å². The van der Waals surface area contributed by atoms with Gasteiger partial charge in [0.05, 0.1) is 0 Å². The third kappa shape index (κ3) is 2.45. The lowest BCUT2D eigenvalue weighted by molar-refractivity contribution is 0.475. The van der Waals surface area contributed by atoms with E-state index in [9.17, 15) is 13.9 Å². The molecule has 0 saturated carbocycles. The molecule has 0 aliphatic carbocycles. The summed E-state index contributed by atoms with van der Waals surface area (Å²) in [6.45, 7) is 7.56. The maximum atomic E-state index is 13.6. The molecule has 18 heavy (non-hydrogen) atoms. The van der Waals surface area contributed by atoms with Gasteiger partial charge in [-0.2, -0.15) is 0 Å². The number of phenols is 1. The monoisotopic (exact) mass is 252 g/mol. The molecule has 3 heteroatoms. The van der Waals surface area contributed by atoms with Crippen LogP contribution in [0.25, 0.3) is 10.8 Å². The molecule has 0 spiro atoms. The van der Waals surface area contributed by atoms with Crippen LogP contribution in [0.1, 0.15) is 31.9 Å². The van der Waals surface area contributed by atoms with Gasteiger partial charge in [0, 0.05) is 0 Å². The normalized spacial score (nSPS) is 10.1. The maximum Gasteiger partial charge on any atom is 0.162 e. The predicted octanol–water partition coefficient (Wildman–Crippen LogP) is 4.72. The molecule has 1 nitrogen and oxygen atoms in total. The van der Waals surface area contributed by atoms with E-state index >= 15 is 0 Å². The van der Waals surface area contributed by atoms with Crippen LogP contribution in [-0.2, 0) is 6.42 Å². The number of fused-ring (bicyclic) bond motifs is 1. The molecule has 0 heterocycles. The van der Waals surface area contributed by atoms with Crippen LogP contribution in [0.4, 0.5) is 8.78 Å². The van der Waals surface area contributed by atoms with Crippen LogP contribution in [0.2, 0.25) is 0 Å². The Morgan fingerprint density at radius 2 is 1.72 bits per heavy atom. The number of aryl methyl sites for hydroxylation is 2. The predicted molar refractivity (Wildman–Crippen MR) is 71.0 cm³/mol. The van der Waals surface area contributed by atoms with Gasteiger partial charge in [-0.15, -0.1) is 0 Å². The molecule has 0 atom stereocenters. The second-order valence-corrected chi connectivity index (χ2v) is 3.87. The molecule has 0 unspecified atom stereocenters. The minimum Gasteiger partial charge on any atom is -0.508 e. The Hall–Kier alpha value is -1.64. The highest BCUT2D eigenvalue weighted by molar-refractivity contribution is 5.90. The summed E-state index contributed by atoms with van der Waals surface area (Å²) < 4.78 is 26.9. The van der Waals surface area contributed by atoms with Crippen molar-refractivity contribution in [3.8, 4) is 5.75 Å². The minimum absolute atomic E-state index is 0.0676. The van der Waals surface area contributed by atoms with E-state index in [1.54, 1.807) is 19.9 Å². The highest BCUT2D eigenvalue weighted by Crippen LogP contribution is 2.30. The summed E-state index contributed by atoms with van der Waals surface area (Å²) in [6.07, 6.45) is 0.422. The topological polar surface area (TPSA) is 20.2 Å². The minimum atomic E-state index is -0.866. The van der Waals surface area contributed by atoms with Crippen molar-refractivity contribution in [3.05, 3.63) is 41.0 Å². The van der Waals surface area contributed by atoms with E-state index in [2.05, 4.69) is 0 Å². The fourth-order valence-corrected chi connectivity index (χ4v) is 2.11. The van der Waals surface area contributed by atoms with Gasteiger partial charge in [-0.3, -0.25) is 0 Å². The standard InChI is InChI=1S/C13H12F2O.C2H6/c1-3-10-12-7(2)4-9(16)5-8(12)6-11(14)13(10)15;1-2/h4-6,16H,3H2,1-2H3;1-2H3. The first-order chi connectivity index (χ1) is 8.54. The quantitative estimate of drug-likeness (QED) is 0.778. The van der Waals surface area contributed by atoms with Crippen LogP contribution >= 0.6 is 0 Å². The van der Waals surface area contributed by atoms with Gasteiger partial charge in [-0.25, -0.2) is 8.78 Å². The summed E-state index contributed by atoms with van der Waals surface area (Å²) in [4.78, 5) is 0. The zero-order valence-corrected chi connectivity index (χ0v) is 11.1. The third-order valence-electron chi connectivity index (χ3n) is 2.76. The molecule has 0 aliphatic heterocycles. The fraction of sp³-hybridized carbons (Fsp3) is 0.333. The number of aromatic hydroxyl groups is 1. The number of halogens is 2. The molecule has 2 rings (SSSR count). The van der Waals surface area contributed by atoms with Gasteiger partial charge in [0.1, 0.15) is 5.75 Å². The second-order valence-electron chi connectivity index (χ2n) is 3.87. The molecular weight excluding hydrogens is 234 g/mol. The van der Waals surface area contributed by atoms with Crippen molar-refractivity contribution in [1.29, 1.82) is 0 Å². The zero-order chi connectivity index (χ0) is 13.9.